The monoisotopic (exact) mass is 348 g/mol. The largest absolute Gasteiger partial charge is 0.504 e. The predicted octanol–water partition coefficient (Wildman–Crippen LogP) is 3.59. The SMILES string of the molecule is C=c1ccc2c(c1O)Oc1c(ccc(O)c1O)C=2c1ccccc1.CC. The second-order valence-electron chi connectivity index (χ2n) is 5.60. The van der Waals surface area contributed by atoms with E-state index in [1.807, 2.05) is 50.2 Å². The summed E-state index contributed by atoms with van der Waals surface area (Å²) in [4.78, 5) is 0. The highest BCUT2D eigenvalue weighted by atomic mass is 16.5. The highest BCUT2D eigenvalue weighted by Crippen LogP contribution is 2.46. The summed E-state index contributed by atoms with van der Waals surface area (Å²) >= 11 is 0. The zero-order valence-corrected chi connectivity index (χ0v) is 14.7. The first-order valence-corrected chi connectivity index (χ1v) is 8.41. The molecule has 0 unspecified atom stereocenters. The number of hydrogen-bond donors (Lipinski definition) is 3. The number of phenolic OH excluding ortho intramolecular Hbond substituents is 3. The van der Waals surface area contributed by atoms with Crippen LogP contribution in [0.5, 0.6) is 28.7 Å². The molecule has 3 aromatic rings. The molecule has 1 aliphatic heterocycles. The highest BCUT2D eigenvalue weighted by Gasteiger charge is 2.26. The Labute approximate surface area is 151 Å². The Bertz CT molecular complexity index is 1070. The van der Waals surface area contributed by atoms with Gasteiger partial charge in [0.05, 0.1) is 0 Å². The minimum atomic E-state index is -0.361. The van der Waals surface area contributed by atoms with E-state index < -0.39 is 0 Å². The molecule has 26 heavy (non-hydrogen) atoms. The fourth-order valence-corrected chi connectivity index (χ4v) is 2.94. The standard InChI is InChI=1S/C20H14O4.C2H6/c1-11-7-8-13-16(12-5-3-2-4-6-12)14-9-10-15(21)18(23)20(14)24-19(13)17(11)22;1-2/h2-10,21-23H,1H2;1-2H3. The molecule has 0 spiro atoms. The van der Waals surface area contributed by atoms with Crippen molar-refractivity contribution in [3.63, 3.8) is 0 Å². The Morgan fingerprint density at radius 2 is 1.46 bits per heavy atom. The van der Waals surface area contributed by atoms with Crippen molar-refractivity contribution in [2.24, 2.45) is 0 Å². The van der Waals surface area contributed by atoms with Crippen LogP contribution in [0.2, 0.25) is 0 Å². The summed E-state index contributed by atoms with van der Waals surface area (Å²) in [6.45, 7) is 7.77. The molecule has 4 heteroatoms. The third-order valence-electron chi connectivity index (χ3n) is 4.13. The predicted molar refractivity (Wildman–Crippen MR) is 102 cm³/mol. The van der Waals surface area contributed by atoms with E-state index in [4.69, 9.17) is 4.74 Å². The maximum atomic E-state index is 10.3. The summed E-state index contributed by atoms with van der Waals surface area (Å²) in [6, 6.07) is 16.3. The third kappa shape index (κ3) is 2.65. The van der Waals surface area contributed by atoms with Crippen LogP contribution in [0, 0.1) is 0 Å². The van der Waals surface area contributed by atoms with Gasteiger partial charge in [-0.25, -0.2) is 0 Å². The highest BCUT2D eigenvalue weighted by molar-refractivity contribution is 5.87. The lowest BCUT2D eigenvalue weighted by Crippen LogP contribution is -2.20. The molecule has 0 bridgehead atoms. The van der Waals surface area contributed by atoms with E-state index in [1.165, 1.54) is 6.07 Å². The van der Waals surface area contributed by atoms with Gasteiger partial charge in [0.25, 0.3) is 0 Å². The molecule has 1 aliphatic rings. The molecule has 0 amide bonds. The normalized spacial score (nSPS) is 11.5. The topological polar surface area (TPSA) is 69.9 Å². The maximum absolute atomic E-state index is 10.3. The van der Waals surface area contributed by atoms with Gasteiger partial charge in [-0.2, -0.15) is 0 Å². The molecular formula is C22H20O4. The number of phenols is 3. The average molecular weight is 348 g/mol. The molecule has 3 N–H and O–H groups in total. The molecule has 0 saturated heterocycles. The molecule has 4 nitrogen and oxygen atoms in total. The van der Waals surface area contributed by atoms with Crippen molar-refractivity contribution in [1.29, 1.82) is 0 Å². The summed E-state index contributed by atoms with van der Waals surface area (Å²) in [5.74, 6) is -0.401. The van der Waals surface area contributed by atoms with E-state index in [9.17, 15) is 15.3 Å². The fraction of sp³-hybridized carbons (Fsp3) is 0.0909. The molecule has 1 heterocycles. The molecule has 0 saturated carbocycles. The molecule has 0 aliphatic carbocycles. The van der Waals surface area contributed by atoms with Gasteiger partial charge in [0.2, 0.25) is 5.75 Å². The number of aromatic hydroxyl groups is 3. The van der Waals surface area contributed by atoms with Crippen molar-refractivity contribution in [2.75, 3.05) is 0 Å². The summed E-state index contributed by atoms with van der Waals surface area (Å²) in [7, 11) is 0. The lowest BCUT2D eigenvalue weighted by atomic mass is 9.92. The third-order valence-corrected chi connectivity index (χ3v) is 4.13. The van der Waals surface area contributed by atoms with Gasteiger partial charge in [0, 0.05) is 21.6 Å². The van der Waals surface area contributed by atoms with Gasteiger partial charge in [0.15, 0.2) is 23.0 Å². The zero-order valence-electron chi connectivity index (χ0n) is 14.7. The molecule has 0 fully saturated rings. The number of hydrogen-bond acceptors (Lipinski definition) is 4. The first-order valence-electron chi connectivity index (χ1n) is 8.41. The van der Waals surface area contributed by atoms with Gasteiger partial charge in [0.1, 0.15) is 0 Å². The molecule has 0 atom stereocenters. The second-order valence-corrected chi connectivity index (χ2v) is 5.60. The first kappa shape index (κ1) is 17.4. The van der Waals surface area contributed by atoms with Gasteiger partial charge in [-0.15, -0.1) is 0 Å². The number of rotatable bonds is 1. The van der Waals surface area contributed by atoms with Crippen molar-refractivity contribution in [3.05, 3.63) is 76.2 Å². The molecule has 4 rings (SSSR count). The van der Waals surface area contributed by atoms with Gasteiger partial charge >= 0.3 is 0 Å². The van der Waals surface area contributed by atoms with Crippen LogP contribution in [0.15, 0.2) is 54.6 Å². The smallest absolute Gasteiger partial charge is 0.201 e. The van der Waals surface area contributed by atoms with Gasteiger partial charge in [-0.1, -0.05) is 56.8 Å². The molecule has 3 aromatic carbocycles. The number of fused-ring (bicyclic) bond motifs is 2. The molecule has 0 radical (unpaired) electrons. The van der Waals surface area contributed by atoms with Gasteiger partial charge in [-0.05, 0) is 23.8 Å². The Kier molecular flexibility index (Phi) is 4.59. The van der Waals surface area contributed by atoms with Crippen molar-refractivity contribution >= 4 is 12.2 Å². The van der Waals surface area contributed by atoms with Crippen LogP contribution in [-0.4, -0.2) is 15.3 Å². The minimum Gasteiger partial charge on any atom is -0.504 e. The van der Waals surface area contributed by atoms with Crippen LogP contribution in [-0.2, 0) is 0 Å². The van der Waals surface area contributed by atoms with E-state index in [0.717, 1.165) is 11.1 Å². The quantitative estimate of drug-likeness (QED) is 0.460. The summed E-state index contributed by atoms with van der Waals surface area (Å²) in [5.41, 5.74) is 2.35. The first-order chi connectivity index (χ1) is 12.6. The van der Waals surface area contributed by atoms with Crippen LogP contribution in [0.25, 0.3) is 12.2 Å². The summed E-state index contributed by atoms with van der Waals surface area (Å²) in [5, 5.41) is 31.5. The molecule has 132 valence electrons. The molecular weight excluding hydrogens is 328 g/mol. The summed E-state index contributed by atoms with van der Waals surface area (Å²) < 4.78 is 5.73. The fourth-order valence-electron chi connectivity index (χ4n) is 2.94. The molecule has 0 aromatic heterocycles. The van der Waals surface area contributed by atoms with Crippen molar-refractivity contribution in [1.82, 2.24) is 0 Å². The lowest BCUT2D eigenvalue weighted by molar-refractivity contribution is 0.357. The van der Waals surface area contributed by atoms with Gasteiger partial charge in [-0.3, -0.25) is 0 Å². The van der Waals surface area contributed by atoms with Crippen molar-refractivity contribution in [3.8, 4) is 28.7 Å². The van der Waals surface area contributed by atoms with Crippen LogP contribution in [0.3, 0.4) is 0 Å². The zero-order chi connectivity index (χ0) is 18.8. The van der Waals surface area contributed by atoms with Crippen molar-refractivity contribution < 1.29 is 20.1 Å². The van der Waals surface area contributed by atoms with E-state index in [0.29, 0.717) is 16.0 Å². The van der Waals surface area contributed by atoms with Crippen LogP contribution in [0.1, 0.15) is 25.0 Å². The average Bonchev–Trinajstić information content (AvgIpc) is 2.69. The van der Waals surface area contributed by atoms with Crippen LogP contribution in [0.4, 0.5) is 0 Å². The lowest BCUT2D eigenvalue weighted by Gasteiger charge is -2.22. The van der Waals surface area contributed by atoms with E-state index in [-0.39, 0.29) is 28.7 Å². The van der Waals surface area contributed by atoms with Crippen molar-refractivity contribution in [2.45, 2.75) is 13.8 Å². The minimum absolute atomic E-state index is 0.0886. The van der Waals surface area contributed by atoms with Crippen LogP contribution < -0.4 is 15.2 Å². The van der Waals surface area contributed by atoms with E-state index in [1.54, 1.807) is 12.1 Å². The second kappa shape index (κ2) is 6.84. The Hall–Kier alpha value is -3.40. The van der Waals surface area contributed by atoms with Crippen LogP contribution >= 0.6 is 0 Å². The van der Waals surface area contributed by atoms with E-state index >= 15 is 0 Å². The maximum Gasteiger partial charge on any atom is 0.201 e. The Morgan fingerprint density at radius 1 is 0.769 bits per heavy atom. The Morgan fingerprint density at radius 3 is 2.15 bits per heavy atom. The number of ether oxygens (including phenoxy) is 1. The van der Waals surface area contributed by atoms with Gasteiger partial charge < -0.3 is 20.1 Å². The summed E-state index contributed by atoms with van der Waals surface area (Å²) in [6.07, 6.45) is 0. The van der Waals surface area contributed by atoms with E-state index in [2.05, 4.69) is 6.58 Å². The Balaban J connectivity index is 0.000000948. The number of benzene rings is 3.